The Morgan fingerprint density at radius 2 is 2.25 bits per heavy atom. The Labute approximate surface area is 96.4 Å². The average Bonchev–Trinajstić information content (AvgIpc) is 3.13. The number of nitrogens with one attached hydrogen (secondary N) is 1. The maximum Gasteiger partial charge on any atom is 0.133 e. The van der Waals surface area contributed by atoms with Gasteiger partial charge >= 0.3 is 0 Å². The summed E-state index contributed by atoms with van der Waals surface area (Å²) in [4.78, 5) is 9.02. The van der Waals surface area contributed by atoms with Crippen LogP contribution in [-0.2, 0) is 11.2 Å². The molecule has 0 atom stereocenters. The first-order valence-electron chi connectivity index (χ1n) is 5.96. The zero-order chi connectivity index (χ0) is 11.4. The van der Waals surface area contributed by atoms with E-state index in [1.807, 2.05) is 14.0 Å². The zero-order valence-corrected chi connectivity index (χ0v) is 9.99. The molecule has 1 aliphatic rings. The molecule has 0 amide bonds. The van der Waals surface area contributed by atoms with Gasteiger partial charge in [-0.2, -0.15) is 0 Å². The lowest BCUT2D eigenvalue weighted by Crippen LogP contribution is -2.06. The Morgan fingerprint density at radius 3 is 2.88 bits per heavy atom. The number of nitrogens with zero attached hydrogens (tertiary/aromatic N) is 2. The molecule has 0 saturated heterocycles. The van der Waals surface area contributed by atoms with Crippen LogP contribution in [0.15, 0.2) is 6.07 Å². The third-order valence-electron chi connectivity index (χ3n) is 2.72. The molecule has 88 valence electrons. The van der Waals surface area contributed by atoms with Gasteiger partial charge in [-0.15, -0.1) is 0 Å². The van der Waals surface area contributed by atoms with Gasteiger partial charge in [-0.25, -0.2) is 9.97 Å². The minimum absolute atomic E-state index is 0.668. The van der Waals surface area contributed by atoms with Gasteiger partial charge in [0.2, 0.25) is 0 Å². The van der Waals surface area contributed by atoms with E-state index >= 15 is 0 Å². The first-order chi connectivity index (χ1) is 7.83. The van der Waals surface area contributed by atoms with Gasteiger partial charge < -0.3 is 10.1 Å². The second-order valence-electron chi connectivity index (χ2n) is 4.07. The van der Waals surface area contributed by atoms with Crippen LogP contribution in [0.5, 0.6) is 0 Å². The van der Waals surface area contributed by atoms with E-state index in [2.05, 4.69) is 21.4 Å². The van der Waals surface area contributed by atoms with Crippen LogP contribution in [0, 0.1) is 0 Å². The first-order valence-corrected chi connectivity index (χ1v) is 5.96. The van der Waals surface area contributed by atoms with Gasteiger partial charge in [0.25, 0.3) is 0 Å². The molecule has 4 nitrogen and oxygen atoms in total. The lowest BCUT2D eigenvalue weighted by Gasteiger charge is -2.07. The summed E-state index contributed by atoms with van der Waals surface area (Å²) in [6, 6.07) is 2.06. The quantitative estimate of drug-likeness (QED) is 0.746. The standard InChI is InChI=1S/C12H19N3O/c1-3-16-7-6-11-14-10(9-4-5-9)8-12(13-2)15-11/h8-9H,3-7H2,1-2H3,(H,13,14,15). The van der Waals surface area contributed by atoms with Crippen molar-refractivity contribution in [1.82, 2.24) is 9.97 Å². The molecule has 1 aromatic rings. The number of aromatic nitrogens is 2. The number of anilines is 1. The predicted octanol–water partition coefficient (Wildman–Crippen LogP) is 1.97. The van der Waals surface area contributed by atoms with Crippen LogP contribution >= 0.6 is 0 Å². The van der Waals surface area contributed by atoms with E-state index in [1.165, 1.54) is 18.5 Å². The summed E-state index contributed by atoms with van der Waals surface area (Å²) in [7, 11) is 1.89. The van der Waals surface area contributed by atoms with Gasteiger partial charge in [0.15, 0.2) is 0 Å². The number of rotatable bonds is 6. The van der Waals surface area contributed by atoms with Crippen LogP contribution in [-0.4, -0.2) is 30.2 Å². The Kier molecular flexibility index (Phi) is 3.72. The van der Waals surface area contributed by atoms with Gasteiger partial charge in [0.05, 0.1) is 6.61 Å². The van der Waals surface area contributed by atoms with Gasteiger partial charge in [-0.1, -0.05) is 0 Å². The van der Waals surface area contributed by atoms with E-state index in [0.717, 1.165) is 24.7 Å². The average molecular weight is 221 g/mol. The summed E-state index contributed by atoms with van der Waals surface area (Å²) in [5, 5.41) is 3.09. The van der Waals surface area contributed by atoms with Crippen LogP contribution in [0.2, 0.25) is 0 Å². The second kappa shape index (κ2) is 5.25. The highest BCUT2D eigenvalue weighted by atomic mass is 16.5. The summed E-state index contributed by atoms with van der Waals surface area (Å²) < 4.78 is 5.33. The number of hydrogen-bond donors (Lipinski definition) is 1. The topological polar surface area (TPSA) is 47.0 Å². The minimum Gasteiger partial charge on any atom is -0.381 e. The van der Waals surface area contributed by atoms with Crippen LogP contribution in [0.1, 0.15) is 37.2 Å². The lowest BCUT2D eigenvalue weighted by molar-refractivity contribution is 0.149. The highest BCUT2D eigenvalue weighted by Gasteiger charge is 2.25. The second-order valence-corrected chi connectivity index (χ2v) is 4.07. The fourth-order valence-corrected chi connectivity index (χ4v) is 1.65. The Morgan fingerprint density at radius 1 is 1.44 bits per heavy atom. The zero-order valence-electron chi connectivity index (χ0n) is 9.99. The maximum absolute atomic E-state index is 5.33. The summed E-state index contributed by atoms with van der Waals surface area (Å²) in [5.74, 6) is 2.48. The van der Waals surface area contributed by atoms with E-state index in [4.69, 9.17) is 4.74 Å². The summed E-state index contributed by atoms with van der Waals surface area (Å²) in [6.07, 6.45) is 3.33. The van der Waals surface area contributed by atoms with E-state index in [1.54, 1.807) is 0 Å². The molecule has 1 fully saturated rings. The van der Waals surface area contributed by atoms with Crippen LogP contribution in [0.25, 0.3) is 0 Å². The molecule has 1 heterocycles. The molecular formula is C12H19N3O. The van der Waals surface area contributed by atoms with Crippen molar-refractivity contribution >= 4 is 5.82 Å². The summed E-state index contributed by atoms with van der Waals surface area (Å²) in [6.45, 7) is 3.45. The van der Waals surface area contributed by atoms with Crippen molar-refractivity contribution in [2.45, 2.75) is 32.1 Å². The highest BCUT2D eigenvalue weighted by Crippen LogP contribution is 2.39. The molecular weight excluding hydrogens is 202 g/mol. The van der Waals surface area contributed by atoms with Crippen molar-refractivity contribution in [2.75, 3.05) is 25.6 Å². The minimum atomic E-state index is 0.668. The molecule has 0 unspecified atom stereocenters. The van der Waals surface area contributed by atoms with Crippen molar-refractivity contribution in [1.29, 1.82) is 0 Å². The molecule has 1 aromatic heterocycles. The molecule has 0 aromatic carbocycles. The Hall–Kier alpha value is -1.16. The SMILES string of the molecule is CCOCCc1nc(NC)cc(C2CC2)n1. The van der Waals surface area contributed by atoms with E-state index in [0.29, 0.717) is 12.5 Å². The predicted molar refractivity (Wildman–Crippen MR) is 63.8 cm³/mol. The molecule has 2 rings (SSSR count). The molecule has 0 radical (unpaired) electrons. The monoisotopic (exact) mass is 221 g/mol. The third kappa shape index (κ3) is 2.92. The fourth-order valence-electron chi connectivity index (χ4n) is 1.65. The van der Waals surface area contributed by atoms with Crippen molar-refractivity contribution in [3.63, 3.8) is 0 Å². The molecule has 0 spiro atoms. The number of hydrogen-bond acceptors (Lipinski definition) is 4. The van der Waals surface area contributed by atoms with Crippen LogP contribution in [0.4, 0.5) is 5.82 Å². The van der Waals surface area contributed by atoms with Gasteiger partial charge in [0, 0.05) is 37.8 Å². The molecule has 1 saturated carbocycles. The smallest absolute Gasteiger partial charge is 0.133 e. The van der Waals surface area contributed by atoms with Crippen LogP contribution in [0.3, 0.4) is 0 Å². The van der Waals surface area contributed by atoms with Gasteiger partial charge in [-0.05, 0) is 19.8 Å². The van der Waals surface area contributed by atoms with E-state index < -0.39 is 0 Å². The number of ether oxygens (including phenoxy) is 1. The van der Waals surface area contributed by atoms with Crippen LogP contribution < -0.4 is 5.32 Å². The first kappa shape index (κ1) is 11.3. The highest BCUT2D eigenvalue weighted by molar-refractivity contribution is 5.37. The molecule has 16 heavy (non-hydrogen) atoms. The fraction of sp³-hybridized carbons (Fsp3) is 0.667. The maximum atomic E-state index is 5.33. The van der Waals surface area contributed by atoms with E-state index in [9.17, 15) is 0 Å². The van der Waals surface area contributed by atoms with Gasteiger partial charge in [0.1, 0.15) is 11.6 Å². The Balaban J connectivity index is 2.06. The van der Waals surface area contributed by atoms with Crippen molar-refractivity contribution in [2.24, 2.45) is 0 Å². The lowest BCUT2D eigenvalue weighted by atomic mass is 10.2. The molecule has 1 aliphatic carbocycles. The van der Waals surface area contributed by atoms with Crippen molar-refractivity contribution in [3.05, 3.63) is 17.6 Å². The van der Waals surface area contributed by atoms with E-state index in [-0.39, 0.29) is 0 Å². The third-order valence-corrected chi connectivity index (χ3v) is 2.72. The Bertz CT molecular complexity index is 350. The normalized spacial score (nSPS) is 15.1. The molecule has 0 bridgehead atoms. The van der Waals surface area contributed by atoms with Crippen molar-refractivity contribution in [3.8, 4) is 0 Å². The van der Waals surface area contributed by atoms with Gasteiger partial charge in [-0.3, -0.25) is 0 Å². The molecule has 0 aliphatic heterocycles. The largest absolute Gasteiger partial charge is 0.381 e. The molecule has 1 N–H and O–H groups in total. The van der Waals surface area contributed by atoms with Crippen molar-refractivity contribution < 1.29 is 4.74 Å². The molecule has 4 heteroatoms. The summed E-state index contributed by atoms with van der Waals surface area (Å²) in [5.41, 5.74) is 1.19. The summed E-state index contributed by atoms with van der Waals surface area (Å²) >= 11 is 0.